The predicted molar refractivity (Wildman–Crippen MR) is 81.9 cm³/mol. The summed E-state index contributed by atoms with van der Waals surface area (Å²) >= 11 is 0. The van der Waals surface area contributed by atoms with Crippen molar-refractivity contribution in [3.63, 3.8) is 0 Å². The third kappa shape index (κ3) is 2.15. The summed E-state index contributed by atoms with van der Waals surface area (Å²) in [5, 5.41) is 9.39. The molecule has 1 heterocycles. The zero-order valence-electron chi connectivity index (χ0n) is 13.4. The molecule has 0 aromatic heterocycles. The molecular formula is C18H29NO2. The summed E-state index contributed by atoms with van der Waals surface area (Å²) < 4.78 is 0. The van der Waals surface area contributed by atoms with E-state index in [9.17, 15) is 9.90 Å². The van der Waals surface area contributed by atoms with E-state index in [-0.39, 0.29) is 5.92 Å². The van der Waals surface area contributed by atoms with Gasteiger partial charge in [0.05, 0.1) is 5.92 Å². The molecule has 5 fully saturated rings. The molecule has 1 aliphatic heterocycles. The summed E-state index contributed by atoms with van der Waals surface area (Å²) in [4.78, 5) is 13.9. The van der Waals surface area contributed by atoms with Gasteiger partial charge in [-0.15, -0.1) is 0 Å². The molecule has 21 heavy (non-hydrogen) atoms. The van der Waals surface area contributed by atoms with Gasteiger partial charge in [0.2, 0.25) is 0 Å². The van der Waals surface area contributed by atoms with Crippen LogP contribution in [0.4, 0.5) is 0 Å². The molecule has 3 nitrogen and oxygen atoms in total. The summed E-state index contributed by atoms with van der Waals surface area (Å²) in [5.41, 5.74) is 0.516. The van der Waals surface area contributed by atoms with Crippen LogP contribution in [0.3, 0.4) is 0 Å². The standard InChI is InChI=1S/C18H29NO2/c1-11-9-19(10-16(11)17(20)21)12(2)18-6-13-3-14(7-18)5-15(4-13)8-18/h11-16H,3-10H2,1-2H3,(H,20,21). The SMILES string of the molecule is CC1CN(C(C)C23CC4CC(CC(C4)C2)C3)CC1C(=O)O. The van der Waals surface area contributed by atoms with E-state index in [4.69, 9.17) is 0 Å². The lowest BCUT2D eigenvalue weighted by molar-refractivity contribution is -0.142. The van der Waals surface area contributed by atoms with Crippen molar-refractivity contribution in [2.24, 2.45) is 35.0 Å². The molecule has 4 saturated carbocycles. The smallest absolute Gasteiger partial charge is 0.308 e. The first kappa shape index (κ1) is 14.0. The van der Waals surface area contributed by atoms with E-state index in [1.807, 2.05) is 0 Å². The Morgan fingerprint density at radius 3 is 2.05 bits per heavy atom. The molecule has 4 aliphatic carbocycles. The highest BCUT2D eigenvalue weighted by Crippen LogP contribution is 2.62. The molecule has 1 N–H and O–H groups in total. The first-order valence-electron chi connectivity index (χ1n) is 8.94. The largest absolute Gasteiger partial charge is 0.481 e. The van der Waals surface area contributed by atoms with E-state index < -0.39 is 5.97 Å². The maximum Gasteiger partial charge on any atom is 0.308 e. The Morgan fingerprint density at radius 2 is 1.62 bits per heavy atom. The van der Waals surface area contributed by atoms with Gasteiger partial charge in [-0.1, -0.05) is 6.92 Å². The number of likely N-dealkylation sites (tertiary alicyclic amines) is 1. The summed E-state index contributed by atoms with van der Waals surface area (Å²) in [5.74, 6) is 2.50. The van der Waals surface area contributed by atoms with Crippen molar-refractivity contribution in [1.29, 1.82) is 0 Å². The second kappa shape index (κ2) is 4.71. The van der Waals surface area contributed by atoms with Crippen molar-refractivity contribution < 1.29 is 9.90 Å². The number of hydrogen-bond acceptors (Lipinski definition) is 2. The zero-order chi connectivity index (χ0) is 14.8. The third-order valence-electron chi connectivity index (χ3n) is 7.48. The molecule has 4 bridgehead atoms. The molecule has 5 aliphatic rings. The number of nitrogens with zero attached hydrogens (tertiary/aromatic N) is 1. The molecule has 1 saturated heterocycles. The monoisotopic (exact) mass is 291 g/mol. The average molecular weight is 291 g/mol. The van der Waals surface area contributed by atoms with Crippen molar-refractivity contribution in [3.05, 3.63) is 0 Å². The fraction of sp³-hybridized carbons (Fsp3) is 0.944. The lowest BCUT2D eigenvalue weighted by Crippen LogP contribution is -2.55. The second-order valence-corrected chi connectivity index (χ2v) is 8.83. The fourth-order valence-electron chi connectivity index (χ4n) is 6.72. The van der Waals surface area contributed by atoms with E-state index in [0.717, 1.165) is 30.8 Å². The van der Waals surface area contributed by atoms with Crippen molar-refractivity contribution in [2.45, 2.75) is 58.4 Å². The Kier molecular flexibility index (Phi) is 3.15. The van der Waals surface area contributed by atoms with Crippen LogP contribution in [0.1, 0.15) is 52.4 Å². The minimum Gasteiger partial charge on any atom is -0.481 e. The highest BCUT2D eigenvalue weighted by Gasteiger charge is 2.55. The van der Waals surface area contributed by atoms with Crippen molar-refractivity contribution in [2.75, 3.05) is 13.1 Å². The van der Waals surface area contributed by atoms with Gasteiger partial charge >= 0.3 is 5.97 Å². The van der Waals surface area contributed by atoms with Crippen LogP contribution in [0.15, 0.2) is 0 Å². The lowest BCUT2D eigenvalue weighted by atomic mass is 9.47. The van der Waals surface area contributed by atoms with Crippen molar-refractivity contribution in [3.8, 4) is 0 Å². The molecule has 118 valence electrons. The van der Waals surface area contributed by atoms with Crippen molar-refractivity contribution >= 4 is 5.97 Å². The lowest BCUT2D eigenvalue weighted by Gasteiger charge is -2.60. The van der Waals surface area contributed by atoms with Crippen LogP contribution in [0, 0.1) is 35.0 Å². The molecule has 0 aromatic carbocycles. The molecule has 3 atom stereocenters. The maximum atomic E-state index is 11.4. The first-order valence-corrected chi connectivity index (χ1v) is 8.94. The Hall–Kier alpha value is -0.570. The minimum atomic E-state index is -0.595. The van der Waals surface area contributed by atoms with Gasteiger partial charge in [0, 0.05) is 19.1 Å². The molecular weight excluding hydrogens is 262 g/mol. The van der Waals surface area contributed by atoms with Gasteiger partial charge in [0.1, 0.15) is 0 Å². The summed E-state index contributed by atoms with van der Waals surface area (Å²) in [6, 6.07) is 0.581. The van der Waals surface area contributed by atoms with Crippen LogP contribution in [-0.4, -0.2) is 35.1 Å². The number of carboxylic acid groups (broad SMARTS) is 1. The highest BCUT2D eigenvalue weighted by molar-refractivity contribution is 5.71. The van der Waals surface area contributed by atoms with Gasteiger partial charge < -0.3 is 5.11 Å². The maximum absolute atomic E-state index is 11.4. The van der Waals surface area contributed by atoms with Gasteiger partial charge in [0.25, 0.3) is 0 Å². The van der Waals surface area contributed by atoms with Gasteiger partial charge in [0.15, 0.2) is 0 Å². The second-order valence-electron chi connectivity index (χ2n) is 8.83. The molecule has 0 spiro atoms. The number of carboxylic acids is 1. The Labute approximate surface area is 128 Å². The van der Waals surface area contributed by atoms with Crippen molar-refractivity contribution in [1.82, 2.24) is 4.90 Å². The van der Waals surface area contributed by atoms with Gasteiger partial charge in [-0.3, -0.25) is 9.69 Å². The first-order chi connectivity index (χ1) is 9.97. The number of hydrogen-bond donors (Lipinski definition) is 1. The van der Waals surface area contributed by atoms with Crippen LogP contribution in [0.25, 0.3) is 0 Å². The van der Waals surface area contributed by atoms with E-state index in [2.05, 4.69) is 18.7 Å². The molecule has 0 aromatic rings. The quantitative estimate of drug-likeness (QED) is 0.868. The zero-order valence-corrected chi connectivity index (χ0v) is 13.4. The molecule has 5 rings (SSSR count). The van der Waals surface area contributed by atoms with Gasteiger partial charge in [-0.05, 0) is 74.5 Å². The molecule has 3 heteroatoms. The van der Waals surface area contributed by atoms with Crippen LogP contribution < -0.4 is 0 Å². The normalized spacial score (nSPS) is 50.5. The molecule has 3 unspecified atom stereocenters. The topological polar surface area (TPSA) is 40.5 Å². The molecule has 0 radical (unpaired) electrons. The van der Waals surface area contributed by atoms with E-state index >= 15 is 0 Å². The van der Waals surface area contributed by atoms with E-state index in [1.165, 1.54) is 38.5 Å². The van der Waals surface area contributed by atoms with E-state index in [0.29, 0.717) is 17.4 Å². The summed E-state index contributed by atoms with van der Waals surface area (Å²) in [6.45, 7) is 6.29. The molecule has 0 amide bonds. The predicted octanol–water partition coefficient (Wildman–Crippen LogP) is 3.24. The van der Waals surface area contributed by atoms with Crippen LogP contribution in [0.5, 0.6) is 0 Å². The highest BCUT2D eigenvalue weighted by atomic mass is 16.4. The Morgan fingerprint density at radius 1 is 1.10 bits per heavy atom. The van der Waals surface area contributed by atoms with E-state index in [1.54, 1.807) is 0 Å². The minimum absolute atomic E-state index is 0.152. The third-order valence-corrected chi connectivity index (χ3v) is 7.48. The van der Waals surface area contributed by atoms with Gasteiger partial charge in [-0.25, -0.2) is 0 Å². The van der Waals surface area contributed by atoms with Crippen LogP contribution >= 0.6 is 0 Å². The van der Waals surface area contributed by atoms with Gasteiger partial charge in [-0.2, -0.15) is 0 Å². The van der Waals surface area contributed by atoms with Crippen LogP contribution in [-0.2, 0) is 4.79 Å². The number of rotatable bonds is 3. The fourth-order valence-corrected chi connectivity index (χ4v) is 6.72. The summed E-state index contributed by atoms with van der Waals surface area (Å²) in [7, 11) is 0. The average Bonchev–Trinajstić information content (AvgIpc) is 2.78. The number of aliphatic carboxylic acids is 1. The number of carbonyl (C=O) groups is 1. The Bertz CT molecular complexity index is 411. The summed E-state index contributed by atoms with van der Waals surface area (Å²) in [6.07, 6.45) is 8.72. The van der Waals surface area contributed by atoms with Crippen LogP contribution in [0.2, 0.25) is 0 Å². The Balaban J connectivity index is 1.53.